The number of amides is 4. The van der Waals surface area contributed by atoms with Gasteiger partial charge in [-0.3, -0.25) is 14.4 Å². The number of aryl methyl sites for hydroxylation is 3. The molecule has 10 heteroatoms. The number of para-hydroxylation sites is 1. The summed E-state index contributed by atoms with van der Waals surface area (Å²) in [6, 6.07) is 8.45. The van der Waals surface area contributed by atoms with Crippen LogP contribution in [0.15, 0.2) is 36.4 Å². The van der Waals surface area contributed by atoms with E-state index in [0.29, 0.717) is 22.7 Å². The first-order chi connectivity index (χ1) is 18.6. The summed E-state index contributed by atoms with van der Waals surface area (Å²) in [6.45, 7) is 12.8. The molecular formula is C30H41ClN4O5. The molecule has 40 heavy (non-hydrogen) atoms. The molecule has 2 atom stereocenters. The van der Waals surface area contributed by atoms with Crippen molar-refractivity contribution in [2.24, 2.45) is 5.73 Å². The molecule has 0 spiro atoms. The van der Waals surface area contributed by atoms with Crippen LogP contribution in [0.3, 0.4) is 0 Å². The van der Waals surface area contributed by atoms with E-state index >= 15 is 0 Å². The van der Waals surface area contributed by atoms with Crippen molar-refractivity contribution in [1.82, 2.24) is 10.2 Å². The molecule has 0 aromatic heterocycles. The smallest absolute Gasteiger partial charge is 0.408 e. The van der Waals surface area contributed by atoms with Crippen LogP contribution in [0.1, 0.15) is 75.3 Å². The number of ether oxygens (including phenoxy) is 1. The molecule has 2 aromatic carbocycles. The summed E-state index contributed by atoms with van der Waals surface area (Å²) in [6.07, 6.45) is -0.0386. The highest BCUT2D eigenvalue weighted by atomic mass is 35.5. The molecule has 0 radical (unpaired) electrons. The average Bonchev–Trinajstić information content (AvgIpc) is 2.82. The van der Waals surface area contributed by atoms with Gasteiger partial charge in [-0.2, -0.15) is 0 Å². The number of carbonyl (C=O) groups is 4. The third-order valence-electron chi connectivity index (χ3n) is 6.18. The molecule has 0 saturated carbocycles. The molecule has 0 heterocycles. The van der Waals surface area contributed by atoms with Crippen molar-refractivity contribution in [3.05, 3.63) is 63.7 Å². The SMILES string of the molecule is CCCCN(C(=O)C(CC(N)=O)NC(=O)OC(C)(C)C)C(C(=O)Nc1c(C)cccc1Cl)c1ccc(C)cc1C. The van der Waals surface area contributed by atoms with Crippen LogP contribution in [0.5, 0.6) is 0 Å². The average molecular weight is 573 g/mol. The van der Waals surface area contributed by atoms with E-state index in [4.69, 9.17) is 22.1 Å². The first kappa shape index (κ1) is 32.6. The van der Waals surface area contributed by atoms with E-state index in [1.165, 1.54) is 4.90 Å². The number of hydrogen-bond acceptors (Lipinski definition) is 5. The van der Waals surface area contributed by atoms with Crippen LogP contribution in [0, 0.1) is 20.8 Å². The number of benzene rings is 2. The highest BCUT2D eigenvalue weighted by Crippen LogP contribution is 2.31. The summed E-state index contributed by atoms with van der Waals surface area (Å²) in [5.41, 5.74) is 8.22. The topological polar surface area (TPSA) is 131 Å². The zero-order valence-electron chi connectivity index (χ0n) is 24.4. The summed E-state index contributed by atoms with van der Waals surface area (Å²) >= 11 is 6.41. The van der Waals surface area contributed by atoms with Gasteiger partial charge < -0.3 is 26.0 Å². The fraction of sp³-hybridized carbons (Fsp3) is 0.467. The first-order valence-electron chi connectivity index (χ1n) is 13.4. The molecule has 4 amide bonds. The lowest BCUT2D eigenvalue weighted by Gasteiger charge is -2.35. The van der Waals surface area contributed by atoms with Crippen LogP contribution in [-0.2, 0) is 19.1 Å². The van der Waals surface area contributed by atoms with Gasteiger partial charge in [0.25, 0.3) is 5.91 Å². The van der Waals surface area contributed by atoms with Crippen molar-refractivity contribution in [2.75, 3.05) is 11.9 Å². The number of anilines is 1. The van der Waals surface area contributed by atoms with Gasteiger partial charge in [-0.25, -0.2) is 4.79 Å². The van der Waals surface area contributed by atoms with Gasteiger partial charge in [0.1, 0.15) is 17.7 Å². The number of rotatable bonds is 11. The summed E-state index contributed by atoms with van der Waals surface area (Å²) in [7, 11) is 0. The third kappa shape index (κ3) is 9.26. The molecule has 9 nitrogen and oxygen atoms in total. The Bertz CT molecular complexity index is 1220. The highest BCUT2D eigenvalue weighted by Gasteiger charge is 2.37. The van der Waals surface area contributed by atoms with E-state index < -0.39 is 47.9 Å². The summed E-state index contributed by atoms with van der Waals surface area (Å²) in [5, 5.41) is 5.76. The lowest BCUT2D eigenvalue weighted by Crippen LogP contribution is -2.53. The molecule has 0 aliphatic carbocycles. The molecule has 4 N–H and O–H groups in total. The number of halogens is 1. The maximum absolute atomic E-state index is 14.1. The van der Waals surface area contributed by atoms with Crippen molar-refractivity contribution in [3.63, 3.8) is 0 Å². The summed E-state index contributed by atoms with van der Waals surface area (Å²) in [5.74, 6) is -1.90. The number of nitrogens with one attached hydrogen (secondary N) is 2. The molecule has 0 fully saturated rings. The molecule has 0 aliphatic rings. The lowest BCUT2D eigenvalue weighted by molar-refractivity contribution is -0.142. The predicted molar refractivity (Wildman–Crippen MR) is 157 cm³/mol. The number of nitrogens with two attached hydrogens (primary N) is 1. The van der Waals surface area contributed by atoms with Gasteiger partial charge >= 0.3 is 6.09 Å². The first-order valence-corrected chi connectivity index (χ1v) is 13.7. The molecule has 0 saturated heterocycles. The quantitative estimate of drug-likeness (QED) is 0.334. The Kier molecular flexibility index (Phi) is 11.5. The molecule has 2 rings (SSSR count). The van der Waals surface area contributed by atoms with E-state index in [0.717, 1.165) is 23.1 Å². The Balaban J connectivity index is 2.63. The van der Waals surface area contributed by atoms with Crippen molar-refractivity contribution in [1.29, 1.82) is 0 Å². The molecular weight excluding hydrogens is 532 g/mol. The second-order valence-electron chi connectivity index (χ2n) is 10.9. The Morgan fingerprint density at radius 2 is 1.73 bits per heavy atom. The van der Waals surface area contributed by atoms with Gasteiger partial charge in [-0.05, 0) is 70.7 Å². The number of carbonyl (C=O) groups excluding carboxylic acids is 4. The second-order valence-corrected chi connectivity index (χ2v) is 11.3. The zero-order chi connectivity index (χ0) is 30.2. The Labute approximate surface area is 241 Å². The second kappa shape index (κ2) is 14.2. The molecule has 218 valence electrons. The van der Waals surface area contributed by atoms with Crippen molar-refractivity contribution >= 4 is 41.1 Å². The number of unbranched alkanes of at least 4 members (excludes halogenated alkanes) is 1. The van der Waals surface area contributed by atoms with Crippen LogP contribution in [-0.4, -0.2) is 46.9 Å². The number of primary amides is 1. The van der Waals surface area contributed by atoms with Gasteiger partial charge in [-0.15, -0.1) is 0 Å². The van der Waals surface area contributed by atoms with E-state index in [-0.39, 0.29) is 6.54 Å². The number of hydrogen-bond donors (Lipinski definition) is 3. The van der Waals surface area contributed by atoms with Crippen LogP contribution in [0.2, 0.25) is 5.02 Å². The van der Waals surface area contributed by atoms with E-state index in [1.54, 1.807) is 32.9 Å². The standard InChI is InChI=1S/C30H41ClN4O5/c1-8-9-15-35(28(38)23(17-24(32)36)33-29(39)40-30(5,6)7)26(21-14-13-18(2)16-20(21)4)27(37)34-25-19(3)11-10-12-22(25)31/h10-14,16,23,26H,8-9,15,17H2,1-7H3,(H2,32,36)(H,33,39)(H,34,37). The predicted octanol–water partition coefficient (Wildman–Crippen LogP) is 5.34. The van der Waals surface area contributed by atoms with Crippen molar-refractivity contribution in [2.45, 2.75) is 85.4 Å². The van der Waals surface area contributed by atoms with Gasteiger partial charge in [0.05, 0.1) is 17.1 Å². The number of alkyl carbamates (subject to hydrolysis) is 1. The van der Waals surface area contributed by atoms with E-state index in [2.05, 4.69) is 10.6 Å². The minimum absolute atomic E-state index is 0.188. The molecule has 0 aliphatic heterocycles. The minimum Gasteiger partial charge on any atom is -0.444 e. The Hall–Kier alpha value is -3.59. The Morgan fingerprint density at radius 1 is 1.05 bits per heavy atom. The maximum atomic E-state index is 14.1. The van der Waals surface area contributed by atoms with E-state index in [9.17, 15) is 19.2 Å². The maximum Gasteiger partial charge on any atom is 0.408 e. The van der Waals surface area contributed by atoms with Crippen LogP contribution in [0.25, 0.3) is 0 Å². The Morgan fingerprint density at radius 3 is 2.27 bits per heavy atom. The van der Waals surface area contributed by atoms with Gasteiger partial charge in [0, 0.05) is 6.54 Å². The van der Waals surface area contributed by atoms with E-state index in [1.807, 2.05) is 52.0 Å². The third-order valence-corrected chi connectivity index (χ3v) is 6.50. The summed E-state index contributed by atoms with van der Waals surface area (Å²) < 4.78 is 5.32. The van der Waals surface area contributed by atoms with Gasteiger partial charge in [0.15, 0.2) is 0 Å². The van der Waals surface area contributed by atoms with Gasteiger partial charge in [0.2, 0.25) is 11.8 Å². The normalized spacial score (nSPS) is 12.7. The van der Waals surface area contributed by atoms with Crippen LogP contribution < -0.4 is 16.4 Å². The fourth-order valence-corrected chi connectivity index (χ4v) is 4.58. The monoisotopic (exact) mass is 572 g/mol. The highest BCUT2D eigenvalue weighted by molar-refractivity contribution is 6.34. The van der Waals surface area contributed by atoms with Gasteiger partial charge in [-0.1, -0.05) is 60.8 Å². The summed E-state index contributed by atoms with van der Waals surface area (Å²) in [4.78, 5) is 54.1. The minimum atomic E-state index is -1.34. The fourth-order valence-electron chi connectivity index (χ4n) is 4.31. The number of nitrogens with zero attached hydrogens (tertiary/aromatic N) is 1. The van der Waals surface area contributed by atoms with Crippen LogP contribution >= 0.6 is 11.6 Å². The molecule has 2 aromatic rings. The van der Waals surface area contributed by atoms with Crippen molar-refractivity contribution in [3.8, 4) is 0 Å². The largest absolute Gasteiger partial charge is 0.444 e. The zero-order valence-corrected chi connectivity index (χ0v) is 25.1. The molecule has 0 bridgehead atoms. The van der Waals surface area contributed by atoms with Crippen LogP contribution in [0.4, 0.5) is 10.5 Å². The van der Waals surface area contributed by atoms with Crippen molar-refractivity contribution < 1.29 is 23.9 Å². The lowest BCUT2D eigenvalue weighted by atomic mass is 9.95. The molecule has 2 unspecified atom stereocenters.